The first-order valence-corrected chi connectivity index (χ1v) is 6.99. The topological polar surface area (TPSA) is 96.2 Å². The summed E-state index contributed by atoms with van der Waals surface area (Å²) in [7, 11) is 3.04. The molecule has 1 saturated heterocycles. The maximum absolute atomic E-state index is 12.1. The first-order valence-electron chi connectivity index (χ1n) is 6.99. The molecule has 1 fully saturated rings. The minimum absolute atomic E-state index is 0.138. The van der Waals surface area contributed by atoms with E-state index in [1.54, 1.807) is 7.05 Å². The molecule has 1 aliphatic rings. The number of hydrogen-bond donors (Lipinski definition) is 2. The molecule has 0 aliphatic carbocycles. The van der Waals surface area contributed by atoms with Gasteiger partial charge in [-0.1, -0.05) is 6.92 Å². The zero-order chi connectivity index (χ0) is 15.3. The van der Waals surface area contributed by atoms with E-state index >= 15 is 0 Å². The Balaban J connectivity index is 2.10. The van der Waals surface area contributed by atoms with Crippen LogP contribution in [0.5, 0.6) is 0 Å². The van der Waals surface area contributed by atoms with Gasteiger partial charge in [0.05, 0.1) is 6.10 Å². The van der Waals surface area contributed by atoms with Gasteiger partial charge in [-0.25, -0.2) is 4.79 Å². The quantitative estimate of drug-likeness (QED) is 0.715. The highest BCUT2D eigenvalue weighted by molar-refractivity contribution is 5.73. The molecule has 0 bridgehead atoms. The van der Waals surface area contributed by atoms with Crippen molar-refractivity contribution in [2.45, 2.75) is 19.4 Å². The van der Waals surface area contributed by atoms with E-state index in [0.717, 1.165) is 4.57 Å². The Kier molecular flexibility index (Phi) is 3.12. The molecule has 0 radical (unpaired) electrons. The Morgan fingerprint density at radius 2 is 2.00 bits per heavy atom. The summed E-state index contributed by atoms with van der Waals surface area (Å²) in [6.07, 6.45) is 0.359. The summed E-state index contributed by atoms with van der Waals surface area (Å²) >= 11 is 0. The molecule has 1 aliphatic heterocycles. The van der Waals surface area contributed by atoms with E-state index < -0.39 is 5.69 Å². The number of fused-ring (bicyclic) bond motifs is 1. The highest BCUT2D eigenvalue weighted by Crippen LogP contribution is 2.22. The summed E-state index contributed by atoms with van der Waals surface area (Å²) in [4.78, 5) is 33.5. The van der Waals surface area contributed by atoms with Gasteiger partial charge in [0.15, 0.2) is 11.2 Å². The van der Waals surface area contributed by atoms with E-state index in [9.17, 15) is 14.7 Å². The minimum Gasteiger partial charge on any atom is -0.393 e. The van der Waals surface area contributed by atoms with Gasteiger partial charge in [0, 0.05) is 27.2 Å². The molecule has 2 atom stereocenters. The van der Waals surface area contributed by atoms with Crippen LogP contribution in [0.25, 0.3) is 11.2 Å². The van der Waals surface area contributed by atoms with E-state index in [1.165, 1.54) is 11.6 Å². The SMILES string of the molecule is CC1CN(c2nc3c([nH]2)c(=O)n(C)c(=O)n3C)CCC1O. The van der Waals surface area contributed by atoms with Gasteiger partial charge in [0.25, 0.3) is 5.56 Å². The lowest BCUT2D eigenvalue weighted by Crippen LogP contribution is -2.42. The lowest BCUT2D eigenvalue weighted by Gasteiger charge is -2.34. The van der Waals surface area contributed by atoms with Crippen molar-refractivity contribution in [3.63, 3.8) is 0 Å². The van der Waals surface area contributed by atoms with Crippen LogP contribution >= 0.6 is 0 Å². The summed E-state index contributed by atoms with van der Waals surface area (Å²) in [5, 5.41) is 9.79. The van der Waals surface area contributed by atoms with Crippen molar-refractivity contribution in [1.82, 2.24) is 19.1 Å². The molecule has 2 aromatic heterocycles. The molecule has 8 heteroatoms. The van der Waals surface area contributed by atoms with Crippen molar-refractivity contribution in [2.75, 3.05) is 18.0 Å². The second kappa shape index (κ2) is 4.73. The molecular weight excluding hydrogens is 274 g/mol. The number of aromatic nitrogens is 4. The van der Waals surface area contributed by atoms with Gasteiger partial charge in [0.1, 0.15) is 0 Å². The van der Waals surface area contributed by atoms with E-state index in [2.05, 4.69) is 9.97 Å². The van der Waals surface area contributed by atoms with Gasteiger partial charge in [-0.2, -0.15) is 4.98 Å². The third-order valence-electron chi connectivity index (χ3n) is 4.24. The first kappa shape index (κ1) is 13.9. The van der Waals surface area contributed by atoms with Crippen molar-refractivity contribution in [3.8, 4) is 0 Å². The fourth-order valence-corrected chi connectivity index (χ4v) is 2.79. The summed E-state index contributed by atoms with van der Waals surface area (Å²) in [6.45, 7) is 3.31. The number of nitrogens with zero attached hydrogens (tertiary/aromatic N) is 4. The molecule has 114 valence electrons. The molecular formula is C13H19N5O3. The fraction of sp³-hybridized carbons (Fsp3) is 0.615. The lowest BCUT2D eigenvalue weighted by atomic mass is 9.97. The number of aliphatic hydroxyl groups is 1. The number of aromatic amines is 1. The van der Waals surface area contributed by atoms with Crippen LogP contribution in [0.4, 0.5) is 5.95 Å². The minimum atomic E-state index is -0.395. The maximum atomic E-state index is 12.1. The number of imidazole rings is 1. The van der Waals surface area contributed by atoms with Crippen LogP contribution in [-0.2, 0) is 14.1 Å². The molecule has 2 aromatic rings. The first-order chi connectivity index (χ1) is 9.90. The Morgan fingerprint density at radius 3 is 2.67 bits per heavy atom. The van der Waals surface area contributed by atoms with Crippen molar-refractivity contribution in [2.24, 2.45) is 20.0 Å². The molecule has 2 N–H and O–H groups in total. The molecule has 3 rings (SSSR count). The normalized spacial score (nSPS) is 23.0. The van der Waals surface area contributed by atoms with Crippen LogP contribution in [-0.4, -0.2) is 43.4 Å². The summed E-state index contributed by atoms with van der Waals surface area (Å²) < 4.78 is 2.42. The van der Waals surface area contributed by atoms with Gasteiger partial charge in [-0.15, -0.1) is 0 Å². The van der Waals surface area contributed by atoms with Crippen LogP contribution in [0.2, 0.25) is 0 Å². The average molecular weight is 293 g/mol. The van der Waals surface area contributed by atoms with E-state index in [4.69, 9.17) is 0 Å². The number of aryl methyl sites for hydroxylation is 1. The third kappa shape index (κ3) is 2.06. The third-order valence-corrected chi connectivity index (χ3v) is 4.24. The Morgan fingerprint density at radius 1 is 1.29 bits per heavy atom. The number of H-pyrrole nitrogens is 1. The molecule has 0 aromatic carbocycles. The molecule has 8 nitrogen and oxygen atoms in total. The monoisotopic (exact) mass is 293 g/mol. The highest BCUT2D eigenvalue weighted by atomic mass is 16.3. The smallest absolute Gasteiger partial charge is 0.332 e. The Labute approximate surface area is 120 Å². The Bertz CT molecular complexity index is 802. The van der Waals surface area contributed by atoms with E-state index in [-0.39, 0.29) is 17.6 Å². The van der Waals surface area contributed by atoms with Crippen LogP contribution in [0.15, 0.2) is 9.59 Å². The maximum Gasteiger partial charge on any atom is 0.332 e. The van der Waals surface area contributed by atoms with Gasteiger partial charge in [-0.05, 0) is 12.3 Å². The number of rotatable bonds is 1. The number of anilines is 1. The molecule has 0 saturated carbocycles. The van der Waals surface area contributed by atoms with Crippen molar-refractivity contribution >= 4 is 17.1 Å². The van der Waals surface area contributed by atoms with Gasteiger partial charge < -0.3 is 15.0 Å². The fourth-order valence-electron chi connectivity index (χ4n) is 2.79. The second-order valence-corrected chi connectivity index (χ2v) is 5.74. The van der Waals surface area contributed by atoms with E-state index in [0.29, 0.717) is 36.6 Å². The van der Waals surface area contributed by atoms with Crippen LogP contribution in [0, 0.1) is 5.92 Å². The Hall–Kier alpha value is -2.09. The summed E-state index contributed by atoms with van der Waals surface area (Å²) in [6, 6.07) is 0. The van der Waals surface area contributed by atoms with Gasteiger partial charge in [-0.3, -0.25) is 13.9 Å². The highest BCUT2D eigenvalue weighted by Gasteiger charge is 2.26. The predicted octanol–water partition coefficient (Wildman–Crippen LogP) is -0.833. The zero-order valence-electron chi connectivity index (χ0n) is 12.3. The molecule has 0 spiro atoms. The number of aliphatic hydroxyl groups excluding tert-OH is 1. The molecule has 0 amide bonds. The number of piperidine rings is 1. The van der Waals surface area contributed by atoms with Crippen molar-refractivity contribution in [1.29, 1.82) is 0 Å². The van der Waals surface area contributed by atoms with Crippen molar-refractivity contribution in [3.05, 3.63) is 20.8 Å². The summed E-state index contributed by atoms with van der Waals surface area (Å²) in [5.41, 5.74) is -0.0878. The molecule has 21 heavy (non-hydrogen) atoms. The number of nitrogens with one attached hydrogen (secondary N) is 1. The number of hydrogen-bond acceptors (Lipinski definition) is 5. The summed E-state index contributed by atoms with van der Waals surface area (Å²) in [5.74, 6) is 0.709. The van der Waals surface area contributed by atoms with Crippen LogP contribution in [0.3, 0.4) is 0 Å². The largest absolute Gasteiger partial charge is 0.393 e. The van der Waals surface area contributed by atoms with Crippen LogP contribution < -0.4 is 16.1 Å². The van der Waals surface area contributed by atoms with Crippen molar-refractivity contribution < 1.29 is 5.11 Å². The van der Waals surface area contributed by atoms with Gasteiger partial charge >= 0.3 is 5.69 Å². The second-order valence-electron chi connectivity index (χ2n) is 5.74. The predicted molar refractivity (Wildman–Crippen MR) is 78.6 cm³/mol. The van der Waals surface area contributed by atoms with E-state index in [1.807, 2.05) is 11.8 Å². The zero-order valence-corrected chi connectivity index (χ0v) is 12.3. The average Bonchev–Trinajstić information content (AvgIpc) is 2.91. The van der Waals surface area contributed by atoms with Gasteiger partial charge in [0.2, 0.25) is 5.95 Å². The van der Waals surface area contributed by atoms with Crippen LogP contribution in [0.1, 0.15) is 13.3 Å². The molecule has 2 unspecified atom stereocenters. The lowest BCUT2D eigenvalue weighted by molar-refractivity contribution is 0.0967. The molecule has 3 heterocycles. The standard InChI is InChI=1S/C13H19N5O3/c1-7-6-18(5-4-8(7)19)12-14-9-10(15-12)16(2)13(21)17(3)11(9)20/h7-8,19H,4-6H2,1-3H3,(H,14,15).